The Bertz CT molecular complexity index is 969. The van der Waals surface area contributed by atoms with Crippen molar-refractivity contribution in [3.05, 3.63) is 49.5 Å². The Labute approximate surface area is 140 Å². The van der Waals surface area contributed by atoms with E-state index >= 15 is 0 Å². The van der Waals surface area contributed by atoms with Crippen molar-refractivity contribution in [3.63, 3.8) is 0 Å². The molecule has 0 saturated heterocycles. The summed E-state index contributed by atoms with van der Waals surface area (Å²) in [5.41, 5.74) is -2.24. The lowest BCUT2D eigenvalue weighted by atomic mass is 10.0. The van der Waals surface area contributed by atoms with Gasteiger partial charge in [-0.15, -0.1) is 0 Å². The third-order valence-electron chi connectivity index (χ3n) is 4.20. The summed E-state index contributed by atoms with van der Waals surface area (Å²) in [7, 11) is 0. The van der Waals surface area contributed by atoms with Crippen molar-refractivity contribution >= 4 is 22.6 Å². The zero-order chi connectivity index (χ0) is 18.5. The molecule has 132 valence electrons. The number of hydrogen-bond donors (Lipinski definition) is 0. The predicted molar refractivity (Wildman–Crippen MR) is 84.1 cm³/mol. The lowest BCUT2D eigenvalue weighted by Gasteiger charge is -2.15. The van der Waals surface area contributed by atoms with Gasteiger partial charge in [-0.05, 0) is 13.8 Å². The number of benzene rings is 1. The monoisotopic (exact) mass is 352 g/mol. The molecule has 0 aliphatic heterocycles. The van der Waals surface area contributed by atoms with Gasteiger partial charge in [0.2, 0.25) is 5.43 Å². The quantitative estimate of drug-likeness (QED) is 0.479. The Kier molecular flexibility index (Phi) is 4.02. The Morgan fingerprint density at radius 3 is 2.68 bits per heavy atom. The Hall–Kier alpha value is -2.84. The van der Waals surface area contributed by atoms with Crippen LogP contribution < -0.4 is 5.43 Å². The molecule has 25 heavy (non-hydrogen) atoms. The van der Waals surface area contributed by atoms with Crippen LogP contribution in [0.4, 0.5) is 14.5 Å². The first kappa shape index (κ1) is 17.0. The van der Waals surface area contributed by atoms with Crippen molar-refractivity contribution in [1.82, 2.24) is 4.57 Å². The molecule has 1 heterocycles. The zero-order valence-electron chi connectivity index (χ0n) is 13.4. The topological polar surface area (TPSA) is 91.4 Å². The minimum absolute atomic E-state index is 0.00395. The number of carbonyl (C=O) groups is 1. The van der Waals surface area contributed by atoms with Crippen LogP contribution in [0, 0.1) is 22.9 Å². The van der Waals surface area contributed by atoms with Gasteiger partial charge >= 0.3 is 5.97 Å². The summed E-state index contributed by atoms with van der Waals surface area (Å²) >= 11 is 0. The van der Waals surface area contributed by atoms with E-state index in [1.165, 1.54) is 18.4 Å². The van der Waals surface area contributed by atoms with Gasteiger partial charge in [-0.2, -0.15) is 0 Å². The number of halogens is 2. The van der Waals surface area contributed by atoms with Gasteiger partial charge in [0.05, 0.1) is 29.2 Å². The molecular formula is C16H14F2N2O5. The van der Waals surface area contributed by atoms with Gasteiger partial charge in [0.15, 0.2) is 0 Å². The van der Waals surface area contributed by atoms with Crippen molar-refractivity contribution in [2.75, 3.05) is 6.61 Å². The van der Waals surface area contributed by atoms with E-state index < -0.39 is 51.0 Å². The highest BCUT2D eigenvalue weighted by Gasteiger charge is 2.41. The molecule has 1 aromatic carbocycles. The standard InChI is InChI=1S/C16H14F2N2O5/c1-3-25-16(22)8-6-19(11-5-10(11)18)14-7(2)9(17)4-12(20(23)24)13(14)15(8)21/h4,6,10-11H,3,5H2,1-2H3/t10-,11+/m0/s1. The first-order valence-electron chi connectivity index (χ1n) is 7.61. The maximum atomic E-state index is 14.1. The molecule has 0 bridgehead atoms. The SMILES string of the molecule is CCOC(=O)c1cn([C@@H]2C[C@@H]2F)c2c(C)c(F)cc([N+](=O)[O-])c2c1=O. The first-order chi connectivity index (χ1) is 11.8. The molecule has 0 radical (unpaired) electrons. The van der Waals surface area contributed by atoms with Gasteiger partial charge in [0.1, 0.15) is 22.9 Å². The number of non-ortho nitro benzene ring substituents is 1. The number of nitro groups is 1. The number of alkyl halides is 1. The van der Waals surface area contributed by atoms with E-state index in [-0.39, 0.29) is 24.1 Å². The Morgan fingerprint density at radius 1 is 1.52 bits per heavy atom. The number of carbonyl (C=O) groups excluding carboxylic acids is 1. The van der Waals surface area contributed by atoms with E-state index in [9.17, 15) is 28.5 Å². The summed E-state index contributed by atoms with van der Waals surface area (Å²) in [6, 6.07) is -0.0746. The molecule has 3 rings (SSSR count). The summed E-state index contributed by atoms with van der Waals surface area (Å²) in [6.07, 6.45) is -0.0185. The summed E-state index contributed by atoms with van der Waals surface area (Å²) in [5.74, 6) is -1.84. The van der Waals surface area contributed by atoms with Crippen LogP contribution in [0.3, 0.4) is 0 Å². The largest absolute Gasteiger partial charge is 0.462 e. The maximum Gasteiger partial charge on any atom is 0.343 e. The summed E-state index contributed by atoms with van der Waals surface area (Å²) < 4.78 is 33.8. The average Bonchev–Trinajstić information content (AvgIpc) is 3.27. The van der Waals surface area contributed by atoms with E-state index in [1.54, 1.807) is 0 Å². The number of aromatic nitrogens is 1. The third kappa shape index (κ3) is 2.65. The highest BCUT2D eigenvalue weighted by Crippen LogP contribution is 2.42. The van der Waals surface area contributed by atoms with Crippen molar-refractivity contribution in [2.45, 2.75) is 32.5 Å². The third-order valence-corrected chi connectivity index (χ3v) is 4.20. The minimum atomic E-state index is -1.23. The average molecular weight is 352 g/mol. The highest BCUT2D eigenvalue weighted by atomic mass is 19.1. The number of ether oxygens (including phenoxy) is 1. The number of aryl methyl sites for hydroxylation is 1. The predicted octanol–water partition coefficient (Wildman–Crippen LogP) is 2.82. The van der Waals surface area contributed by atoms with E-state index in [4.69, 9.17) is 4.74 Å². The van der Waals surface area contributed by atoms with E-state index in [1.807, 2.05) is 0 Å². The molecular weight excluding hydrogens is 338 g/mol. The van der Waals surface area contributed by atoms with Crippen molar-refractivity contribution in [1.29, 1.82) is 0 Å². The van der Waals surface area contributed by atoms with Crippen molar-refractivity contribution < 1.29 is 23.2 Å². The number of hydrogen-bond acceptors (Lipinski definition) is 5. The number of nitrogens with zero attached hydrogens (tertiary/aromatic N) is 2. The van der Waals surface area contributed by atoms with Gasteiger partial charge < -0.3 is 9.30 Å². The van der Waals surface area contributed by atoms with Crippen LogP contribution in [0.15, 0.2) is 17.1 Å². The molecule has 2 atom stereocenters. The zero-order valence-corrected chi connectivity index (χ0v) is 13.4. The van der Waals surface area contributed by atoms with E-state index in [2.05, 4.69) is 0 Å². The molecule has 7 nitrogen and oxygen atoms in total. The van der Waals surface area contributed by atoms with Crippen LogP contribution in [-0.2, 0) is 4.74 Å². The molecule has 1 saturated carbocycles. The summed E-state index contributed by atoms with van der Waals surface area (Å²) in [5, 5.41) is 10.9. The minimum Gasteiger partial charge on any atom is -0.462 e. The Balaban J connectivity index is 2.47. The first-order valence-corrected chi connectivity index (χ1v) is 7.61. The van der Waals surface area contributed by atoms with Crippen LogP contribution in [-0.4, -0.2) is 28.2 Å². The fraction of sp³-hybridized carbons (Fsp3) is 0.375. The molecule has 0 amide bonds. The Morgan fingerprint density at radius 2 is 2.16 bits per heavy atom. The fourth-order valence-electron chi connectivity index (χ4n) is 2.87. The fourth-order valence-corrected chi connectivity index (χ4v) is 2.87. The van der Waals surface area contributed by atoms with Crippen LogP contribution in [0.1, 0.15) is 35.3 Å². The van der Waals surface area contributed by atoms with Crippen LogP contribution in [0.5, 0.6) is 0 Å². The molecule has 1 fully saturated rings. The molecule has 0 N–H and O–H groups in total. The van der Waals surface area contributed by atoms with Gasteiger partial charge in [0, 0.05) is 18.2 Å². The molecule has 1 aliphatic rings. The molecule has 0 unspecified atom stereocenters. The second-order valence-electron chi connectivity index (χ2n) is 5.80. The second-order valence-corrected chi connectivity index (χ2v) is 5.80. The van der Waals surface area contributed by atoms with E-state index in [0.29, 0.717) is 6.07 Å². The van der Waals surface area contributed by atoms with Crippen molar-refractivity contribution in [3.8, 4) is 0 Å². The number of pyridine rings is 1. The number of esters is 1. The lowest BCUT2D eigenvalue weighted by molar-refractivity contribution is -0.383. The molecule has 9 heteroatoms. The maximum absolute atomic E-state index is 14.1. The summed E-state index contributed by atoms with van der Waals surface area (Å²) in [6.45, 7) is 2.88. The molecule has 0 spiro atoms. The van der Waals surface area contributed by atoms with Crippen LogP contribution >= 0.6 is 0 Å². The van der Waals surface area contributed by atoms with Crippen molar-refractivity contribution in [2.24, 2.45) is 0 Å². The lowest BCUT2D eigenvalue weighted by Crippen LogP contribution is -2.22. The number of rotatable bonds is 4. The smallest absolute Gasteiger partial charge is 0.343 e. The van der Waals surface area contributed by atoms with Gasteiger partial charge in [-0.25, -0.2) is 13.6 Å². The van der Waals surface area contributed by atoms with Crippen LogP contribution in [0.25, 0.3) is 10.9 Å². The van der Waals surface area contributed by atoms with Gasteiger partial charge in [0.25, 0.3) is 5.69 Å². The number of fused-ring (bicyclic) bond motifs is 1. The molecule has 1 aromatic heterocycles. The van der Waals surface area contributed by atoms with Crippen LogP contribution in [0.2, 0.25) is 0 Å². The number of nitro benzene ring substituents is 1. The van der Waals surface area contributed by atoms with Gasteiger partial charge in [-0.1, -0.05) is 0 Å². The van der Waals surface area contributed by atoms with Gasteiger partial charge in [-0.3, -0.25) is 14.9 Å². The molecule has 1 aliphatic carbocycles. The normalized spacial score (nSPS) is 19.0. The van der Waals surface area contributed by atoms with E-state index in [0.717, 1.165) is 6.20 Å². The highest BCUT2D eigenvalue weighted by molar-refractivity contribution is 5.98. The summed E-state index contributed by atoms with van der Waals surface area (Å²) in [4.78, 5) is 35.1. The molecule has 2 aromatic rings. The second kappa shape index (κ2) is 5.91.